The first kappa shape index (κ1) is 11.5. The number of nitrogens with zero attached hydrogens (tertiary/aromatic N) is 7. The minimum absolute atomic E-state index is 0.459. The molecule has 2 N–H and O–H groups in total. The fraction of sp³-hybridized carbons (Fsp3) is 0.400. The van der Waals surface area contributed by atoms with Gasteiger partial charge in [0.15, 0.2) is 5.82 Å². The van der Waals surface area contributed by atoms with Crippen molar-refractivity contribution >= 4 is 11.6 Å². The highest BCUT2D eigenvalue weighted by molar-refractivity contribution is 5.44. The van der Waals surface area contributed by atoms with Crippen LogP contribution in [0.15, 0.2) is 12.4 Å². The number of nitrogens with one attached hydrogen (secondary N) is 2. The van der Waals surface area contributed by atoms with Crippen LogP contribution in [0.2, 0.25) is 0 Å². The lowest BCUT2D eigenvalue weighted by molar-refractivity contribution is 0.848. The van der Waals surface area contributed by atoms with E-state index >= 15 is 0 Å². The van der Waals surface area contributed by atoms with Gasteiger partial charge in [0, 0.05) is 11.8 Å². The van der Waals surface area contributed by atoms with Crippen LogP contribution in [0, 0.1) is 0 Å². The summed E-state index contributed by atoms with van der Waals surface area (Å²) in [6, 6.07) is 1.96. The maximum absolute atomic E-state index is 4.43. The molecule has 0 radical (unpaired) electrons. The summed E-state index contributed by atoms with van der Waals surface area (Å²) in [6.45, 7) is 2.57. The number of fused-ring (bicyclic) bond motifs is 1. The third-order valence-corrected chi connectivity index (χ3v) is 2.63. The lowest BCUT2D eigenvalue weighted by atomic mass is 10.2. The lowest BCUT2D eigenvalue weighted by Gasteiger charge is -2.07. The largest absolute Gasteiger partial charge is 0.362 e. The number of aromatic nitrogens is 8. The van der Waals surface area contributed by atoms with Crippen LogP contribution in [0.5, 0.6) is 0 Å². The molecule has 0 aromatic carbocycles. The highest BCUT2D eigenvalue weighted by Gasteiger charge is 2.08. The van der Waals surface area contributed by atoms with Crippen molar-refractivity contribution in [1.82, 2.24) is 40.2 Å². The zero-order valence-electron chi connectivity index (χ0n) is 10.4. The summed E-state index contributed by atoms with van der Waals surface area (Å²) in [5, 5.41) is 21.0. The van der Waals surface area contributed by atoms with Gasteiger partial charge in [0.2, 0.25) is 0 Å². The fourth-order valence-electron chi connectivity index (χ4n) is 1.80. The molecule has 19 heavy (non-hydrogen) atoms. The molecule has 0 saturated heterocycles. The molecule has 0 atom stereocenters. The second kappa shape index (κ2) is 4.96. The van der Waals surface area contributed by atoms with Gasteiger partial charge in [-0.05, 0) is 6.42 Å². The molecule has 3 aromatic heterocycles. The molecule has 0 saturated carbocycles. The van der Waals surface area contributed by atoms with Crippen molar-refractivity contribution in [2.24, 2.45) is 0 Å². The Kier molecular flexibility index (Phi) is 3.01. The molecular weight excluding hydrogens is 246 g/mol. The summed E-state index contributed by atoms with van der Waals surface area (Å²) in [5.41, 5.74) is 0.985. The van der Waals surface area contributed by atoms with Crippen LogP contribution in [0.3, 0.4) is 0 Å². The number of aromatic amines is 1. The molecule has 0 aliphatic carbocycles. The van der Waals surface area contributed by atoms with E-state index in [2.05, 4.69) is 47.9 Å². The Morgan fingerprint density at radius 1 is 1.42 bits per heavy atom. The SMILES string of the molecule is CCCc1cc(NCc2nn[nH]n2)n2ncnc2n1. The summed E-state index contributed by atoms with van der Waals surface area (Å²) in [5.74, 6) is 1.99. The van der Waals surface area contributed by atoms with Gasteiger partial charge < -0.3 is 5.32 Å². The Labute approximate surface area is 108 Å². The van der Waals surface area contributed by atoms with Gasteiger partial charge >= 0.3 is 0 Å². The van der Waals surface area contributed by atoms with E-state index in [1.807, 2.05) is 6.07 Å². The van der Waals surface area contributed by atoms with Gasteiger partial charge in [-0.15, -0.1) is 10.2 Å². The third kappa shape index (κ3) is 2.34. The number of H-pyrrole nitrogens is 1. The Bertz CT molecular complexity index is 657. The predicted octanol–water partition coefficient (Wildman–Crippen LogP) is 0.202. The van der Waals surface area contributed by atoms with Gasteiger partial charge in [0.25, 0.3) is 5.78 Å². The van der Waals surface area contributed by atoms with Gasteiger partial charge in [0.05, 0.1) is 6.54 Å². The molecule has 3 aromatic rings. The average Bonchev–Trinajstić information content (AvgIpc) is 3.07. The molecule has 9 heteroatoms. The van der Waals surface area contributed by atoms with Crippen molar-refractivity contribution in [2.75, 3.05) is 5.32 Å². The van der Waals surface area contributed by atoms with E-state index < -0.39 is 0 Å². The number of anilines is 1. The van der Waals surface area contributed by atoms with Crippen LogP contribution < -0.4 is 5.32 Å². The van der Waals surface area contributed by atoms with Crippen LogP contribution in [0.25, 0.3) is 5.78 Å². The average molecular weight is 259 g/mol. The Morgan fingerprint density at radius 2 is 2.37 bits per heavy atom. The number of rotatable bonds is 5. The fourth-order valence-corrected chi connectivity index (χ4v) is 1.80. The van der Waals surface area contributed by atoms with Crippen LogP contribution in [0.1, 0.15) is 24.9 Å². The van der Waals surface area contributed by atoms with Crippen molar-refractivity contribution in [3.05, 3.63) is 23.9 Å². The second-order valence-electron chi connectivity index (χ2n) is 4.04. The van der Waals surface area contributed by atoms with E-state index in [9.17, 15) is 0 Å². The quantitative estimate of drug-likeness (QED) is 0.673. The highest BCUT2D eigenvalue weighted by Crippen LogP contribution is 2.12. The molecule has 0 aliphatic heterocycles. The summed E-state index contributed by atoms with van der Waals surface area (Å²) in [4.78, 5) is 8.55. The minimum atomic E-state index is 0.459. The highest BCUT2D eigenvalue weighted by atomic mass is 15.5. The molecule has 0 spiro atoms. The maximum atomic E-state index is 4.43. The van der Waals surface area contributed by atoms with Gasteiger partial charge in [-0.1, -0.05) is 18.6 Å². The zero-order valence-corrected chi connectivity index (χ0v) is 10.4. The maximum Gasteiger partial charge on any atom is 0.254 e. The molecule has 0 amide bonds. The van der Waals surface area contributed by atoms with Crippen molar-refractivity contribution in [1.29, 1.82) is 0 Å². The Balaban J connectivity index is 1.89. The van der Waals surface area contributed by atoms with Crippen molar-refractivity contribution in [3.63, 3.8) is 0 Å². The van der Waals surface area contributed by atoms with Gasteiger partial charge in [-0.3, -0.25) is 0 Å². The van der Waals surface area contributed by atoms with Crippen molar-refractivity contribution in [3.8, 4) is 0 Å². The first-order valence-corrected chi connectivity index (χ1v) is 6.02. The summed E-state index contributed by atoms with van der Waals surface area (Å²) < 4.78 is 1.65. The number of hydrogen-bond acceptors (Lipinski definition) is 7. The molecule has 0 aliphatic rings. The van der Waals surface area contributed by atoms with E-state index in [-0.39, 0.29) is 0 Å². The van der Waals surface area contributed by atoms with E-state index in [1.54, 1.807) is 4.52 Å². The molecular formula is C10H13N9. The Morgan fingerprint density at radius 3 is 3.16 bits per heavy atom. The van der Waals surface area contributed by atoms with Crippen LogP contribution in [-0.4, -0.2) is 40.2 Å². The molecule has 9 nitrogen and oxygen atoms in total. The number of tetrazole rings is 1. The summed E-state index contributed by atoms with van der Waals surface area (Å²) >= 11 is 0. The van der Waals surface area contributed by atoms with Gasteiger partial charge in [-0.2, -0.15) is 19.8 Å². The Hall–Kier alpha value is -2.58. The molecule has 3 rings (SSSR count). The predicted molar refractivity (Wildman–Crippen MR) is 66.3 cm³/mol. The normalized spacial score (nSPS) is 11.0. The van der Waals surface area contributed by atoms with Gasteiger partial charge in [-0.25, -0.2) is 4.98 Å². The first-order valence-electron chi connectivity index (χ1n) is 6.02. The smallest absolute Gasteiger partial charge is 0.254 e. The molecule has 0 fully saturated rings. The van der Waals surface area contributed by atoms with E-state index in [1.165, 1.54) is 6.33 Å². The van der Waals surface area contributed by atoms with Crippen LogP contribution in [-0.2, 0) is 13.0 Å². The van der Waals surface area contributed by atoms with Gasteiger partial charge in [0.1, 0.15) is 12.1 Å². The van der Waals surface area contributed by atoms with Crippen molar-refractivity contribution < 1.29 is 0 Å². The lowest BCUT2D eigenvalue weighted by Crippen LogP contribution is -2.08. The molecule has 3 heterocycles. The molecule has 0 bridgehead atoms. The van der Waals surface area contributed by atoms with Crippen LogP contribution in [0.4, 0.5) is 5.82 Å². The standard InChI is InChI=1S/C10H13N9/c1-2-3-7-4-9(11-5-8-15-17-18-16-8)19-10(14-7)12-6-13-19/h4,6,11H,2-3,5H2,1H3,(H,15,16,17,18). The topological polar surface area (TPSA) is 110 Å². The summed E-state index contributed by atoms with van der Waals surface area (Å²) in [6.07, 6.45) is 3.42. The molecule has 0 unspecified atom stereocenters. The van der Waals surface area contributed by atoms with Crippen molar-refractivity contribution in [2.45, 2.75) is 26.3 Å². The number of aryl methyl sites for hydroxylation is 1. The molecule has 98 valence electrons. The minimum Gasteiger partial charge on any atom is -0.362 e. The third-order valence-electron chi connectivity index (χ3n) is 2.63. The monoisotopic (exact) mass is 259 g/mol. The van der Waals surface area contributed by atoms with E-state index in [4.69, 9.17) is 0 Å². The number of hydrogen-bond donors (Lipinski definition) is 2. The summed E-state index contributed by atoms with van der Waals surface area (Å²) in [7, 11) is 0. The van der Waals surface area contributed by atoms with E-state index in [0.717, 1.165) is 24.4 Å². The first-order chi connectivity index (χ1) is 9.36. The van der Waals surface area contributed by atoms with E-state index in [0.29, 0.717) is 18.1 Å². The zero-order chi connectivity index (χ0) is 13.1. The van der Waals surface area contributed by atoms with Crippen LogP contribution >= 0.6 is 0 Å². The second-order valence-corrected chi connectivity index (χ2v) is 4.04.